The molecular formula is C23H38N4O5S. The minimum Gasteiger partial charge on any atom is -0.493 e. The van der Waals surface area contributed by atoms with Crippen molar-refractivity contribution in [2.45, 2.75) is 43.5 Å². The highest BCUT2D eigenvalue weighted by atomic mass is 32.2. The minimum absolute atomic E-state index is 0.00430. The summed E-state index contributed by atoms with van der Waals surface area (Å²) in [5, 5.41) is 3.23. The molecule has 1 atom stereocenters. The first-order valence-electron chi connectivity index (χ1n) is 11.8. The standard InChI is InChI=1S/C23H38N4O5S/c1-19-6-4-5-12-25(19)16-17-27(13-9-23(28)26-14-10-24-11-15-26)33(29,30)20-7-8-21(31-2)22(18-20)32-3/h7-8,18-19,24H,4-6,9-17H2,1-3H3/t19-/m1/s1. The third-order valence-corrected chi connectivity index (χ3v) is 8.51. The molecule has 0 saturated carbocycles. The average Bonchev–Trinajstić information content (AvgIpc) is 2.84. The van der Waals surface area contributed by atoms with Crippen LogP contribution in [0.15, 0.2) is 23.1 Å². The lowest BCUT2D eigenvalue weighted by Crippen LogP contribution is -2.48. The van der Waals surface area contributed by atoms with Crippen molar-refractivity contribution in [2.75, 3.05) is 66.6 Å². The number of carbonyl (C=O) groups excluding carboxylic acids is 1. The number of rotatable bonds is 10. The molecule has 1 aromatic rings. The van der Waals surface area contributed by atoms with Crippen LogP contribution in [0.4, 0.5) is 0 Å². The minimum atomic E-state index is -3.82. The topological polar surface area (TPSA) is 91.4 Å². The number of ether oxygens (including phenoxy) is 2. The molecule has 2 fully saturated rings. The largest absolute Gasteiger partial charge is 0.493 e. The van der Waals surface area contributed by atoms with Crippen molar-refractivity contribution in [3.8, 4) is 11.5 Å². The van der Waals surface area contributed by atoms with Gasteiger partial charge in [0.2, 0.25) is 15.9 Å². The van der Waals surface area contributed by atoms with Gasteiger partial charge in [-0.05, 0) is 38.4 Å². The maximum atomic E-state index is 13.6. The van der Waals surface area contributed by atoms with E-state index in [-0.39, 0.29) is 23.8 Å². The summed E-state index contributed by atoms with van der Waals surface area (Å²) in [4.78, 5) is 17.0. The molecule has 2 aliphatic rings. The molecule has 2 aliphatic heterocycles. The fourth-order valence-corrected chi connectivity index (χ4v) is 5.95. The number of amides is 1. The van der Waals surface area contributed by atoms with E-state index in [4.69, 9.17) is 9.47 Å². The number of hydrogen-bond acceptors (Lipinski definition) is 7. The SMILES string of the molecule is COc1ccc(S(=O)(=O)N(CCC(=O)N2CCNCC2)CCN2CCCC[C@H]2C)cc1OC. The third kappa shape index (κ3) is 6.59. The number of piperidine rings is 1. The Bertz CT molecular complexity index is 889. The normalized spacial score (nSPS) is 20.1. The lowest BCUT2D eigenvalue weighted by molar-refractivity contribution is -0.131. The highest BCUT2D eigenvalue weighted by molar-refractivity contribution is 7.89. The van der Waals surface area contributed by atoms with Gasteiger partial charge in [0.1, 0.15) is 0 Å². The summed E-state index contributed by atoms with van der Waals surface area (Å²) in [6.07, 6.45) is 3.64. The van der Waals surface area contributed by atoms with E-state index in [0.29, 0.717) is 43.7 Å². The van der Waals surface area contributed by atoms with Crippen molar-refractivity contribution < 1.29 is 22.7 Å². The Kier molecular flexibility index (Phi) is 9.37. The molecule has 1 amide bonds. The van der Waals surface area contributed by atoms with Crippen LogP contribution in [-0.4, -0.2) is 101 Å². The number of carbonyl (C=O) groups is 1. The molecule has 9 nitrogen and oxygen atoms in total. The van der Waals surface area contributed by atoms with Crippen LogP contribution in [0.3, 0.4) is 0 Å². The summed E-state index contributed by atoms with van der Waals surface area (Å²) in [5.41, 5.74) is 0. The van der Waals surface area contributed by atoms with Crippen molar-refractivity contribution in [2.24, 2.45) is 0 Å². The number of nitrogens with one attached hydrogen (secondary N) is 1. The Labute approximate surface area is 198 Å². The predicted octanol–water partition coefficient (Wildman–Crippen LogP) is 1.39. The van der Waals surface area contributed by atoms with Gasteiger partial charge in [0.25, 0.3) is 0 Å². The molecule has 186 valence electrons. The van der Waals surface area contributed by atoms with Crippen LogP contribution in [0.25, 0.3) is 0 Å². The summed E-state index contributed by atoms with van der Waals surface area (Å²) in [5.74, 6) is 0.828. The van der Waals surface area contributed by atoms with Crippen LogP contribution < -0.4 is 14.8 Å². The molecule has 0 spiro atoms. The number of likely N-dealkylation sites (tertiary alicyclic amines) is 1. The fraction of sp³-hybridized carbons (Fsp3) is 0.696. The van der Waals surface area contributed by atoms with E-state index in [2.05, 4.69) is 17.1 Å². The van der Waals surface area contributed by atoms with Gasteiger partial charge in [0.15, 0.2) is 11.5 Å². The van der Waals surface area contributed by atoms with Gasteiger partial charge >= 0.3 is 0 Å². The first-order valence-corrected chi connectivity index (χ1v) is 13.3. The smallest absolute Gasteiger partial charge is 0.243 e. The molecule has 10 heteroatoms. The Morgan fingerprint density at radius 3 is 2.48 bits per heavy atom. The number of hydrogen-bond donors (Lipinski definition) is 1. The molecule has 0 bridgehead atoms. The maximum Gasteiger partial charge on any atom is 0.243 e. The molecule has 3 rings (SSSR count). The number of sulfonamides is 1. The monoisotopic (exact) mass is 482 g/mol. The van der Waals surface area contributed by atoms with Crippen LogP contribution >= 0.6 is 0 Å². The Morgan fingerprint density at radius 1 is 1.09 bits per heavy atom. The summed E-state index contributed by atoms with van der Waals surface area (Å²) in [6, 6.07) is 5.06. The molecule has 0 aromatic heterocycles. The predicted molar refractivity (Wildman–Crippen MR) is 127 cm³/mol. The third-order valence-electron chi connectivity index (χ3n) is 6.61. The molecule has 0 aliphatic carbocycles. The zero-order chi connectivity index (χ0) is 23.8. The molecule has 2 saturated heterocycles. The quantitative estimate of drug-likeness (QED) is 0.539. The van der Waals surface area contributed by atoms with Crippen molar-refractivity contribution in [1.82, 2.24) is 19.4 Å². The van der Waals surface area contributed by atoms with E-state index in [1.807, 2.05) is 4.90 Å². The van der Waals surface area contributed by atoms with Gasteiger partial charge in [-0.1, -0.05) is 6.42 Å². The van der Waals surface area contributed by atoms with Crippen LogP contribution in [0.1, 0.15) is 32.6 Å². The van der Waals surface area contributed by atoms with Gasteiger partial charge < -0.3 is 19.7 Å². The molecule has 33 heavy (non-hydrogen) atoms. The van der Waals surface area contributed by atoms with Crippen molar-refractivity contribution in [3.63, 3.8) is 0 Å². The van der Waals surface area contributed by atoms with E-state index >= 15 is 0 Å². The van der Waals surface area contributed by atoms with Crippen LogP contribution in [0.5, 0.6) is 11.5 Å². The van der Waals surface area contributed by atoms with Gasteiger partial charge in [-0.2, -0.15) is 4.31 Å². The van der Waals surface area contributed by atoms with E-state index < -0.39 is 10.0 Å². The highest BCUT2D eigenvalue weighted by Crippen LogP contribution is 2.31. The lowest BCUT2D eigenvalue weighted by atomic mass is 10.0. The number of methoxy groups -OCH3 is 2. The summed E-state index contributed by atoms with van der Waals surface area (Å²) in [6.45, 7) is 7.18. The number of nitrogens with zero attached hydrogens (tertiary/aromatic N) is 3. The van der Waals surface area contributed by atoms with Crippen LogP contribution in [0.2, 0.25) is 0 Å². The van der Waals surface area contributed by atoms with E-state index in [9.17, 15) is 13.2 Å². The van der Waals surface area contributed by atoms with Crippen LogP contribution in [0, 0.1) is 0 Å². The summed E-state index contributed by atoms with van der Waals surface area (Å²) in [7, 11) is -0.820. The van der Waals surface area contributed by atoms with Crippen molar-refractivity contribution in [1.29, 1.82) is 0 Å². The second-order valence-electron chi connectivity index (χ2n) is 8.68. The molecule has 0 unspecified atom stereocenters. The van der Waals surface area contributed by atoms with Gasteiger partial charge in [-0.25, -0.2) is 8.42 Å². The average molecular weight is 483 g/mol. The van der Waals surface area contributed by atoms with Gasteiger partial charge in [0, 0.05) is 64.3 Å². The Morgan fingerprint density at radius 2 is 1.82 bits per heavy atom. The molecule has 1 N–H and O–H groups in total. The second-order valence-corrected chi connectivity index (χ2v) is 10.6. The van der Waals surface area contributed by atoms with Crippen molar-refractivity contribution >= 4 is 15.9 Å². The zero-order valence-electron chi connectivity index (χ0n) is 20.1. The van der Waals surface area contributed by atoms with Gasteiger partial charge in [-0.15, -0.1) is 0 Å². The first kappa shape index (κ1) is 25.7. The van der Waals surface area contributed by atoms with E-state index in [1.54, 1.807) is 6.07 Å². The van der Waals surface area contributed by atoms with Gasteiger partial charge in [-0.3, -0.25) is 9.69 Å². The molecule has 1 aromatic carbocycles. The molecular weight excluding hydrogens is 444 g/mol. The zero-order valence-corrected chi connectivity index (χ0v) is 20.9. The van der Waals surface area contributed by atoms with Crippen molar-refractivity contribution in [3.05, 3.63) is 18.2 Å². The summed E-state index contributed by atoms with van der Waals surface area (Å²) >= 11 is 0. The second kappa shape index (κ2) is 12.0. The maximum absolute atomic E-state index is 13.6. The van der Waals surface area contributed by atoms with Crippen LogP contribution in [-0.2, 0) is 14.8 Å². The molecule has 0 radical (unpaired) electrons. The van der Waals surface area contributed by atoms with E-state index in [1.165, 1.54) is 37.1 Å². The number of piperazine rings is 1. The Hall–Kier alpha value is -1.88. The van der Waals surface area contributed by atoms with Gasteiger partial charge in [0.05, 0.1) is 19.1 Å². The lowest BCUT2D eigenvalue weighted by Gasteiger charge is -2.35. The van der Waals surface area contributed by atoms with E-state index in [0.717, 1.165) is 32.5 Å². The first-order chi connectivity index (χ1) is 15.9. The number of benzene rings is 1. The fourth-order valence-electron chi connectivity index (χ4n) is 4.50. The summed E-state index contributed by atoms with van der Waals surface area (Å²) < 4.78 is 39.3. The highest BCUT2D eigenvalue weighted by Gasteiger charge is 2.29. The Balaban J connectivity index is 1.77. The molecule has 2 heterocycles.